The monoisotopic (exact) mass is 211 g/mol. The van der Waals surface area contributed by atoms with Crippen molar-refractivity contribution in [3.8, 4) is 0 Å². The number of hydrogen-bond acceptors (Lipinski definition) is 3. The van der Waals surface area contributed by atoms with Crippen molar-refractivity contribution in [2.45, 2.75) is 18.8 Å². The molecule has 1 saturated heterocycles. The fraction of sp³-hybridized carbons (Fsp3) is 0.455. The number of ether oxygens (including phenoxy) is 2. The summed E-state index contributed by atoms with van der Waals surface area (Å²) in [6, 6.07) is 6.48. The van der Waals surface area contributed by atoms with Crippen molar-refractivity contribution >= 4 is 0 Å². The Morgan fingerprint density at radius 1 is 1.40 bits per heavy atom. The molecular weight excluding hydrogens is 197 g/mol. The molecule has 15 heavy (non-hydrogen) atoms. The Labute approximate surface area is 88.0 Å². The van der Waals surface area contributed by atoms with Gasteiger partial charge in [-0.3, -0.25) is 0 Å². The van der Waals surface area contributed by atoms with Crippen LogP contribution < -0.4 is 5.73 Å². The molecular formula is C11H14FNO2. The maximum atomic E-state index is 13.4. The molecule has 82 valence electrons. The van der Waals surface area contributed by atoms with Crippen molar-refractivity contribution in [3.63, 3.8) is 0 Å². The summed E-state index contributed by atoms with van der Waals surface area (Å²) >= 11 is 0. The van der Waals surface area contributed by atoms with E-state index in [4.69, 9.17) is 15.2 Å². The Morgan fingerprint density at radius 2 is 2.20 bits per heavy atom. The van der Waals surface area contributed by atoms with Gasteiger partial charge in [-0.1, -0.05) is 18.2 Å². The lowest BCUT2D eigenvalue weighted by Gasteiger charge is -2.11. The molecule has 0 saturated carbocycles. The SMILES string of the molecule is NCCC1COC(c2ccccc2F)O1. The molecule has 0 bridgehead atoms. The van der Waals surface area contributed by atoms with Crippen LogP contribution in [-0.4, -0.2) is 19.3 Å². The Bertz CT molecular complexity index is 332. The maximum Gasteiger partial charge on any atom is 0.187 e. The molecule has 1 aliphatic heterocycles. The second kappa shape index (κ2) is 4.70. The highest BCUT2D eigenvalue weighted by atomic mass is 19.1. The minimum absolute atomic E-state index is 0.0143. The predicted octanol–water partition coefficient (Wildman–Crippen LogP) is 1.59. The first-order valence-electron chi connectivity index (χ1n) is 5.03. The zero-order valence-corrected chi connectivity index (χ0v) is 8.36. The molecule has 1 fully saturated rings. The molecule has 0 aromatic heterocycles. The minimum atomic E-state index is -0.581. The quantitative estimate of drug-likeness (QED) is 0.825. The third-order valence-corrected chi connectivity index (χ3v) is 2.40. The van der Waals surface area contributed by atoms with Gasteiger partial charge in [0.2, 0.25) is 0 Å². The summed E-state index contributed by atoms with van der Waals surface area (Å²) < 4.78 is 24.3. The van der Waals surface area contributed by atoms with Crippen LogP contribution in [0.15, 0.2) is 24.3 Å². The molecule has 0 spiro atoms. The first kappa shape index (κ1) is 10.5. The van der Waals surface area contributed by atoms with Crippen LogP contribution >= 0.6 is 0 Å². The highest BCUT2D eigenvalue weighted by molar-refractivity contribution is 5.19. The van der Waals surface area contributed by atoms with Crippen molar-refractivity contribution in [3.05, 3.63) is 35.6 Å². The van der Waals surface area contributed by atoms with E-state index in [2.05, 4.69) is 0 Å². The molecule has 2 N–H and O–H groups in total. The Hall–Kier alpha value is -0.970. The molecule has 2 unspecified atom stereocenters. The number of halogens is 1. The lowest BCUT2D eigenvalue weighted by molar-refractivity contribution is -0.0628. The molecule has 3 nitrogen and oxygen atoms in total. The zero-order valence-electron chi connectivity index (χ0n) is 8.36. The molecule has 0 amide bonds. The van der Waals surface area contributed by atoms with Gasteiger partial charge in [0.25, 0.3) is 0 Å². The molecule has 2 atom stereocenters. The Morgan fingerprint density at radius 3 is 2.93 bits per heavy atom. The van der Waals surface area contributed by atoms with E-state index in [1.165, 1.54) is 6.07 Å². The van der Waals surface area contributed by atoms with E-state index >= 15 is 0 Å². The average Bonchev–Trinajstić information content (AvgIpc) is 2.68. The normalized spacial score (nSPS) is 25.7. The molecule has 0 aliphatic carbocycles. The van der Waals surface area contributed by atoms with E-state index in [-0.39, 0.29) is 11.9 Å². The van der Waals surface area contributed by atoms with Crippen LogP contribution in [0.5, 0.6) is 0 Å². The fourth-order valence-corrected chi connectivity index (χ4v) is 1.61. The summed E-state index contributed by atoms with van der Waals surface area (Å²) in [6.07, 6.45) is 0.146. The third kappa shape index (κ3) is 2.34. The van der Waals surface area contributed by atoms with E-state index < -0.39 is 6.29 Å². The maximum absolute atomic E-state index is 13.4. The topological polar surface area (TPSA) is 44.5 Å². The predicted molar refractivity (Wildman–Crippen MR) is 53.6 cm³/mol. The van der Waals surface area contributed by atoms with Crippen LogP contribution in [0, 0.1) is 5.82 Å². The van der Waals surface area contributed by atoms with Crippen LogP contribution in [0.4, 0.5) is 4.39 Å². The average molecular weight is 211 g/mol. The van der Waals surface area contributed by atoms with E-state index in [1.54, 1.807) is 18.2 Å². The van der Waals surface area contributed by atoms with E-state index in [0.717, 1.165) is 6.42 Å². The van der Waals surface area contributed by atoms with Gasteiger partial charge in [0.15, 0.2) is 6.29 Å². The van der Waals surface area contributed by atoms with Gasteiger partial charge in [0, 0.05) is 5.56 Å². The lowest BCUT2D eigenvalue weighted by Crippen LogP contribution is -2.15. The molecule has 0 radical (unpaired) electrons. The second-order valence-corrected chi connectivity index (χ2v) is 3.52. The first-order chi connectivity index (χ1) is 7.31. The van der Waals surface area contributed by atoms with Crippen LogP contribution in [0.1, 0.15) is 18.3 Å². The van der Waals surface area contributed by atoms with Crippen molar-refractivity contribution in [1.82, 2.24) is 0 Å². The number of nitrogens with two attached hydrogens (primary N) is 1. The summed E-state index contributed by atoms with van der Waals surface area (Å²) in [4.78, 5) is 0. The zero-order chi connectivity index (χ0) is 10.7. The van der Waals surface area contributed by atoms with Gasteiger partial charge in [0.05, 0.1) is 12.7 Å². The summed E-state index contributed by atoms with van der Waals surface area (Å²) in [6.45, 7) is 1.04. The van der Waals surface area contributed by atoms with E-state index in [0.29, 0.717) is 18.7 Å². The van der Waals surface area contributed by atoms with E-state index in [1.807, 2.05) is 0 Å². The summed E-state index contributed by atoms with van der Waals surface area (Å²) in [5.74, 6) is -0.295. The molecule has 1 aromatic carbocycles. The van der Waals surface area contributed by atoms with Crippen molar-refractivity contribution in [2.75, 3.05) is 13.2 Å². The van der Waals surface area contributed by atoms with Crippen molar-refractivity contribution < 1.29 is 13.9 Å². The smallest absolute Gasteiger partial charge is 0.187 e. The summed E-state index contributed by atoms with van der Waals surface area (Å²) in [7, 11) is 0. The van der Waals surface area contributed by atoms with Crippen LogP contribution in [-0.2, 0) is 9.47 Å². The molecule has 4 heteroatoms. The standard InChI is InChI=1S/C11H14FNO2/c12-10-4-2-1-3-9(10)11-14-7-8(15-11)5-6-13/h1-4,8,11H,5-7,13H2. The van der Waals surface area contributed by atoms with Crippen molar-refractivity contribution in [1.29, 1.82) is 0 Å². The lowest BCUT2D eigenvalue weighted by atomic mass is 10.2. The third-order valence-electron chi connectivity index (χ3n) is 2.40. The van der Waals surface area contributed by atoms with Gasteiger partial charge in [-0.15, -0.1) is 0 Å². The largest absolute Gasteiger partial charge is 0.346 e. The van der Waals surface area contributed by atoms with Gasteiger partial charge >= 0.3 is 0 Å². The molecule has 1 aromatic rings. The van der Waals surface area contributed by atoms with Gasteiger partial charge < -0.3 is 15.2 Å². The molecule has 1 aliphatic rings. The van der Waals surface area contributed by atoms with Crippen LogP contribution in [0.25, 0.3) is 0 Å². The van der Waals surface area contributed by atoms with Crippen molar-refractivity contribution in [2.24, 2.45) is 5.73 Å². The number of rotatable bonds is 3. The van der Waals surface area contributed by atoms with Crippen LogP contribution in [0.3, 0.4) is 0 Å². The van der Waals surface area contributed by atoms with E-state index in [9.17, 15) is 4.39 Å². The highest BCUT2D eigenvalue weighted by Gasteiger charge is 2.28. The summed E-state index contributed by atoms with van der Waals surface area (Å²) in [5.41, 5.74) is 5.87. The minimum Gasteiger partial charge on any atom is -0.346 e. The van der Waals surface area contributed by atoms with Gasteiger partial charge in [-0.25, -0.2) is 4.39 Å². The second-order valence-electron chi connectivity index (χ2n) is 3.52. The Balaban J connectivity index is 2.04. The number of benzene rings is 1. The van der Waals surface area contributed by atoms with Gasteiger partial charge in [-0.05, 0) is 19.0 Å². The van der Waals surface area contributed by atoms with Crippen LogP contribution in [0.2, 0.25) is 0 Å². The number of hydrogen-bond donors (Lipinski definition) is 1. The fourth-order valence-electron chi connectivity index (χ4n) is 1.61. The first-order valence-corrected chi connectivity index (χ1v) is 5.03. The van der Waals surface area contributed by atoms with Gasteiger partial charge in [-0.2, -0.15) is 0 Å². The Kier molecular flexibility index (Phi) is 3.30. The molecule has 1 heterocycles. The van der Waals surface area contributed by atoms with Gasteiger partial charge in [0.1, 0.15) is 5.82 Å². The summed E-state index contributed by atoms with van der Waals surface area (Å²) in [5, 5.41) is 0. The highest BCUT2D eigenvalue weighted by Crippen LogP contribution is 2.29. The molecule has 2 rings (SSSR count).